The summed E-state index contributed by atoms with van der Waals surface area (Å²) >= 11 is 2.90. The predicted molar refractivity (Wildman–Crippen MR) is 110 cm³/mol. The molecule has 2 aromatic rings. The van der Waals surface area contributed by atoms with E-state index < -0.39 is 44.3 Å². The summed E-state index contributed by atoms with van der Waals surface area (Å²) in [4.78, 5) is 13.3. The van der Waals surface area contributed by atoms with Gasteiger partial charge >= 0.3 is 12.4 Å². The SMILES string of the molecule is O=C(Cc1ccc(C(F)(F)F)cc1)N1CCN(S(=O)(=O)c2cc(Br)cc(C(F)(F)F)c2)CC1. The molecule has 0 radical (unpaired) electrons. The zero-order chi connectivity index (χ0) is 24.6. The molecular weight excluding hydrogens is 542 g/mol. The Balaban J connectivity index is 1.65. The first-order chi connectivity index (χ1) is 15.2. The van der Waals surface area contributed by atoms with E-state index in [0.717, 1.165) is 28.6 Å². The molecule has 180 valence electrons. The molecule has 3 rings (SSSR count). The molecule has 0 unspecified atom stereocenters. The van der Waals surface area contributed by atoms with E-state index in [1.807, 2.05) is 0 Å². The van der Waals surface area contributed by atoms with Crippen LogP contribution in [0.15, 0.2) is 51.8 Å². The minimum atomic E-state index is -4.72. The van der Waals surface area contributed by atoms with Crippen LogP contribution in [0.1, 0.15) is 16.7 Å². The van der Waals surface area contributed by atoms with Gasteiger partial charge in [-0.25, -0.2) is 8.42 Å². The number of rotatable bonds is 4. The van der Waals surface area contributed by atoms with Crippen molar-refractivity contribution in [3.05, 3.63) is 63.6 Å². The molecule has 0 saturated carbocycles. The molecule has 1 heterocycles. The Bertz CT molecular complexity index is 1130. The van der Waals surface area contributed by atoms with Gasteiger partial charge in [0.2, 0.25) is 15.9 Å². The smallest absolute Gasteiger partial charge is 0.340 e. The maximum atomic E-state index is 13.0. The first kappa shape index (κ1) is 25.5. The van der Waals surface area contributed by atoms with Gasteiger partial charge in [0.1, 0.15) is 0 Å². The lowest BCUT2D eigenvalue weighted by atomic mass is 10.1. The van der Waals surface area contributed by atoms with Crippen molar-refractivity contribution >= 4 is 31.9 Å². The molecule has 5 nitrogen and oxygen atoms in total. The topological polar surface area (TPSA) is 57.7 Å². The summed E-state index contributed by atoms with van der Waals surface area (Å²) in [5.41, 5.74) is -1.57. The number of carbonyl (C=O) groups excluding carboxylic acids is 1. The third kappa shape index (κ3) is 6.07. The number of sulfonamides is 1. The molecule has 0 bridgehead atoms. The van der Waals surface area contributed by atoms with E-state index in [4.69, 9.17) is 0 Å². The molecule has 1 aliphatic heterocycles. The third-order valence-electron chi connectivity index (χ3n) is 5.06. The van der Waals surface area contributed by atoms with Crippen molar-refractivity contribution < 1.29 is 39.6 Å². The predicted octanol–water partition coefficient (Wildman–Crippen LogP) is 4.56. The van der Waals surface area contributed by atoms with E-state index in [-0.39, 0.29) is 37.1 Å². The van der Waals surface area contributed by atoms with Crippen LogP contribution in [0.4, 0.5) is 26.3 Å². The second-order valence-electron chi connectivity index (χ2n) is 7.33. The number of halogens is 7. The number of nitrogens with zero attached hydrogens (tertiary/aromatic N) is 2. The second kappa shape index (κ2) is 9.26. The zero-order valence-electron chi connectivity index (χ0n) is 16.8. The third-order valence-corrected chi connectivity index (χ3v) is 7.40. The van der Waals surface area contributed by atoms with Gasteiger partial charge in [-0.2, -0.15) is 30.6 Å². The number of piperazine rings is 1. The summed E-state index contributed by atoms with van der Waals surface area (Å²) in [6.45, 7) is -0.262. The first-order valence-corrected chi connectivity index (χ1v) is 11.7. The average molecular weight is 559 g/mol. The van der Waals surface area contributed by atoms with Gasteiger partial charge in [-0.15, -0.1) is 0 Å². The van der Waals surface area contributed by atoms with Crippen LogP contribution in [-0.4, -0.2) is 49.7 Å². The molecular formula is C20H17BrF6N2O3S. The quantitative estimate of drug-likeness (QED) is 0.517. The molecule has 0 atom stereocenters. The van der Waals surface area contributed by atoms with Crippen molar-refractivity contribution in [2.45, 2.75) is 23.7 Å². The highest BCUT2D eigenvalue weighted by atomic mass is 79.9. The molecule has 13 heteroatoms. The van der Waals surface area contributed by atoms with Crippen molar-refractivity contribution in [1.29, 1.82) is 0 Å². The monoisotopic (exact) mass is 558 g/mol. The minimum absolute atomic E-state index is 0.00116. The Hall–Kier alpha value is -2.12. The molecule has 1 saturated heterocycles. The van der Waals surface area contributed by atoms with Gasteiger partial charge in [-0.1, -0.05) is 28.1 Å². The van der Waals surface area contributed by atoms with Gasteiger partial charge in [0.15, 0.2) is 0 Å². The Morgan fingerprint density at radius 2 is 1.39 bits per heavy atom. The van der Waals surface area contributed by atoms with E-state index in [0.29, 0.717) is 11.6 Å². The number of hydrogen-bond acceptors (Lipinski definition) is 3. The molecule has 1 amide bonds. The molecule has 0 aromatic heterocycles. The molecule has 0 spiro atoms. The minimum Gasteiger partial charge on any atom is -0.340 e. The maximum absolute atomic E-state index is 13.0. The van der Waals surface area contributed by atoms with Crippen LogP contribution >= 0.6 is 15.9 Å². The van der Waals surface area contributed by atoms with Crippen molar-refractivity contribution in [3.63, 3.8) is 0 Å². The lowest BCUT2D eigenvalue weighted by Crippen LogP contribution is -2.50. The van der Waals surface area contributed by atoms with Crippen LogP contribution in [0, 0.1) is 0 Å². The highest BCUT2D eigenvalue weighted by molar-refractivity contribution is 9.10. The van der Waals surface area contributed by atoms with Crippen LogP contribution in [0.2, 0.25) is 0 Å². The maximum Gasteiger partial charge on any atom is 0.416 e. The lowest BCUT2D eigenvalue weighted by Gasteiger charge is -2.34. The fraction of sp³-hybridized carbons (Fsp3) is 0.350. The standard InChI is InChI=1S/C20H17BrF6N2O3S/c21-16-10-15(20(25,26)27)11-17(12-16)33(31,32)29-7-5-28(6-8-29)18(30)9-13-1-3-14(4-2-13)19(22,23)24/h1-4,10-12H,5-9H2. The van der Waals surface area contributed by atoms with Crippen LogP contribution in [0.3, 0.4) is 0 Å². The highest BCUT2D eigenvalue weighted by Gasteiger charge is 2.35. The van der Waals surface area contributed by atoms with Crippen molar-refractivity contribution in [3.8, 4) is 0 Å². The van der Waals surface area contributed by atoms with Crippen LogP contribution in [0.25, 0.3) is 0 Å². The average Bonchev–Trinajstić information content (AvgIpc) is 2.72. The highest BCUT2D eigenvalue weighted by Crippen LogP contribution is 2.34. The Morgan fingerprint density at radius 3 is 1.91 bits per heavy atom. The Kier molecular flexibility index (Phi) is 7.16. The van der Waals surface area contributed by atoms with Crippen molar-refractivity contribution in [2.24, 2.45) is 0 Å². The first-order valence-electron chi connectivity index (χ1n) is 9.50. The molecule has 1 fully saturated rings. The van der Waals surface area contributed by atoms with Gasteiger partial charge < -0.3 is 4.90 Å². The normalized spacial score (nSPS) is 16.2. The van der Waals surface area contributed by atoms with Crippen LogP contribution in [0.5, 0.6) is 0 Å². The van der Waals surface area contributed by atoms with E-state index in [2.05, 4.69) is 15.9 Å². The summed E-state index contributed by atoms with van der Waals surface area (Å²) in [5.74, 6) is -0.395. The van der Waals surface area contributed by atoms with E-state index in [9.17, 15) is 39.6 Å². The summed E-state index contributed by atoms with van der Waals surface area (Å²) in [6, 6.07) is 6.56. The Morgan fingerprint density at radius 1 is 0.848 bits per heavy atom. The number of benzene rings is 2. The van der Waals surface area contributed by atoms with Gasteiger partial charge in [-0.05, 0) is 35.9 Å². The molecule has 0 N–H and O–H groups in total. The van der Waals surface area contributed by atoms with E-state index in [1.165, 1.54) is 17.0 Å². The second-order valence-corrected chi connectivity index (χ2v) is 10.2. The van der Waals surface area contributed by atoms with Crippen LogP contribution < -0.4 is 0 Å². The number of hydrogen-bond donors (Lipinski definition) is 0. The van der Waals surface area contributed by atoms with Gasteiger partial charge in [0.25, 0.3) is 0 Å². The number of carbonyl (C=O) groups is 1. The van der Waals surface area contributed by atoms with E-state index >= 15 is 0 Å². The fourth-order valence-corrected chi connectivity index (χ4v) is 5.44. The number of amides is 1. The number of alkyl halides is 6. The van der Waals surface area contributed by atoms with Crippen molar-refractivity contribution in [1.82, 2.24) is 9.21 Å². The fourth-order valence-electron chi connectivity index (χ4n) is 3.30. The van der Waals surface area contributed by atoms with Crippen molar-refractivity contribution in [2.75, 3.05) is 26.2 Å². The summed E-state index contributed by atoms with van der Waals surface area (Å²) in [7, 11) is -4.24. The lowest BCUT2D eigenvalue weighted by molar-refractivity contribution is -0.138. The van der Waals surface area contributed by atoms with E-state index in [1.54, 1.807) is 0 Å². The molecule has 33 heavy (non-hydrogen) atoms. The zero-order valence-corrected chi connectivity index (χ0v) is 19.2. The van der Waals surface area contributed by atoms with Gasteiger partial charge in [-0.3, -0.25) is 4.79 Å². The summed E-state index contributed by atoms with van der Waals surface area (Å²) < 4.78 is 104. The van der Waals surface area contributed by atoms with Crippen LogP contribution in [-0.2, 0) is 33.6 Å². The largest absolute Gasteiger partial charge is 0.416 e. The molecule has 2 aromatic carbocycles. The molecule has 0 aliphatic carbocycles. The van der Waals surface area contributed by atoms with Gasteiger partial charge in [0.05, 0.1) is 22.4 Å². The molecule has 1 aliphatic rings. The summed E-state index contributed by atoms with van der Waals surface area (Å²) in [6.07, 6.45) is -9.37. The summed E-state index contributed by atoms with van der Waals surface area (Å²) in [5, 5.41) is 0. The Labute approximate surface area is 194 Å². The van der Waals surface area contributed by atoms with Gasteiger partial charge in [0, 0.05) is 30.7 Å².